The summed E-state index contributed by atoms with van der Waals surface area (Å²) in [5, 5.41) is 2.49. The zero-order valence-corrected chi connectivity index (χ0v) is 14.1. The van der Waals surface area contributed by atoms with E-state index in [1.807, 2.05) is 11.4 Å². The van der Waals surface area contributed by atoms with Crippen molar-refractivity contribution in [2.75, 3.05) is 0 Å². The monoisotopic (exact) mass is 420 g/mol. The second kappa shape index (κ2) is 5.39. The normalized spacial score (nSPS) is 24.6. The Kier molecular flexibility index (Phi) is 3.90. The van der Waals surface area contributed by atoms with Crippen LogP contribution in [-0.4, -0.2) is 5.78 Å². The molecule has 2 atom stereocenters. The summed E-state index contributed by atoms with van der Waals surface area (Å²) in [6.07, 6.45) is 0.692. The molecule has 0 bridgehead atoms. The lowest BCUT2D eigenvalue weighted by atomic mass is 10.0. The fourth-order valence-electron chi connectivity index (χ4n) is 2.42. The summed E-state index contributed by atoms with van der Waals surface area (Å²) in [5.41, 5.74) is -0.733. The molecule has 0 aliphatic heterocycles. The van der Waals surface area contributed by atoms with Gasteiger partial charge in [0.05, 0.1) is 4.88 Å². The van der Waals surface area contributed by atoms with Crippen LogP contribution in [0, 0.1) is 9.49 Å². The Labute approximate surface area is 139 Å². The van der Waals surface area contributed by atoms with Crippen molar-refractivity contribution in [1.82, 2.24) is 0 Å². The highest BCUT2D eigenvalue weighted by Gasteiger charge is 2.57. The molecule has 1 aliphatic carbocycles. The molecule has 1 aromatic carbocycles. The van der Waals surface area contributed by atoms with Gasteiger partial charge in [0, 0.05) is 20.9 Å². The quantitative estimate of drug-likeness (QED) is 0.474. The molecule has 5 heteroatoms. The number of hydrogen-bond acceptors (Lipinski definition) is 2. The highest BCUT2D eigenvalue weighted by molar-refractivity contribution is 14.1. The van der Waals surface area contributed by atoms with Crippen LogP contribution in [0.2, 0.25) is 5.02 Å². The van der Waals surface area contributed by atoms with Crippen LogP contribution in [0.25, 0.3) is 0 Å². The second-order valence-corrected chi connectivity index (χ2v) is 7.51. The number of rotatable bonds is 4. The highest BCUT2D eigenvalue weighted by atomic mass is 127. The van der Waals surface area contributed by atoms with Gasteiger partial charge >= 0.3 is 0 Å². The van der Waals surface area contributed by atoms with Gasteiger partial charge in [0.15, 0.2) is 5.78 Å². The van der Waals surface area contributed by atoms with Gasteiger partial charge in [-0.3, -0.25) is 4.79 Å². The van der Waals surface area contributed by atoms with Crippen LogP contribution in [0.15, 0.2) is 35.7 Å². The minimum atomic E-state index is -1.36. The average Bonchev–Trinajstić information content (AvgIpc) is 2.86. The summed E-state index contributed by atoms with van der Waals surface area (Å²) in [6.45, 7) is 0. The minimum Gasteiger partial charge on any atom is -0.293 e. The molecule has 1 aliphatic rings. The Hall–Kier alpha value is -0.460. The predicted molar refractivity (Wildman–Crippen MR) is 88.3 cm³/mol. The van der Waals surface area contributed by atoms with Crippen molar-refractivity contribution in [3.8, 4) is 0 Å². The zero-order chi connectivity index (χ0) is 14.3. The van der Waals surface area contributed by atoms with Crippen LogP contribution in [0.5, 0.6) is 0 Å². The summed E-state index contributed by atoms with van der Waals surface area (Å²) in [4.78, 5) is 12.9. The number of carbonyl (C=O) groups is 1. The second-order valence-electron chi connectivity index (χ2n) is 5.00. The zero-order valence-electron chi connectivity index (χ0n) is 10.4. The van der Waals surface area contributed by atoms with E-state index in [4.69, 9.17) is 11.6 Å². The number of hydrogen-bond donors (Lipinski definition) is 0. The molecule has 1 nitrogen and oxygen atoms in total. The third kappa shape index (κ3) is 2.65. The van der Waals surface area contributed by atoms with E-state index in [1.165, 1.54) is 11.3 Å². The average molecular weight is 421 g/mol. The van der Waals surface area contributed by atoms with Gasteiger partial charge in [-0.25, -0.2) is 4.39 Å². The van der Waals surface area contributed by atoms with Gasteiger partial charge in [-0.2, -0.15) is 0 Å². The number of benzene rings is 1. The van der Waals surface area contributed by atoms with Crippen molar-refractivity contribution in [1.29, 1.82) is 0 Å². The van der Waals surface area contributed by atoms with Gasteiger partial charge in [-0.1, -0.05) is 23.7 Å². The van der Waals surface area contributed by atoms with Crippen LogP contribution >= 0.6 is 45.5 Å². The first kappa shape index (κ1) is 14.5. The third-order valence-electron chi connectivity index (χ3n) is 3.66. The summed E-state index contributed by atoms with van der Waals surface area (Å²) in [6, 6.07) is 8.71. The number of carbonyl (C=O) groups excluding carboxylic acids is 1. The third-order valence-corrected chi connectivity index (χ3v) is 6.13. The van der Waals surface area contributed by atoms with E-state index < -0.39 is 5.67 Å². The van der Waals surface area contributed by atoms with E-state index in [1.54, 1.807) is 24.3 Å². The fourth-order valence-corrected chi connectivity index (χ4v) is 4.39. The van der Waals surface area contributed by atoms with Gasteiger partial charge in [0.25, 0.3) is 0 Å². The first-order valence-electron chi connectivity index (χ1n) is 6.22. The van der Waals surface area contributed by atoms with Crippen LogP contribution in [0.4, 0.5) is 4.39 Å². The Morgan fingerprint density at radius 1 is 1.40 bits per heavy atom. The SMILES string of the molecule is O=C(C[C@@H]1C[C@]1(F)c1ccc(Cl)cc1)c1sccc1I. The molecule has 1 saturated carbocycles. The molecule has 1 aromatic heterocycles. The highest BCUT2D eigenvalue weighted by Crippen LogP contribution is 2.57. The maximum absolute atomic E-state index is 14.7. The maximum Gasteiger partial charge on any atom is 0.174 e. The van der Waals surface area contributed by atoms with Crippen molar-refractivity contribution < 1.29 is 9.18 Å². The van der Waals surface area contributed by atoms with Gasteiger partial charge in [0.2, 0.25) is 0 Å². The topological polar surface area (TPSA) is 17.1 Å². The van der Waals surface area contributed by atoms with E-state index in [9.17, 15) is 9.18 Å². The van der Waals surface area contributed by atoms with Crippen molar-refractivity contribution in [3.63, 3.8) is 0 Å². The summed E-state index contributed by atoms with van der Waals surface area (Å²) >= 11 is 9.38. The lowest BCUT2D eigenvalue weighted by Crippen LogP contribution is -2.07. The summed E-state index contributed by atoms with van der Waals surface area (Å²) < 4.78 is 15.7. The molecule has 0 radical (unpaired) electrons. The Bertz CT molecular complexity index is 654. The van der Waals surface area contributed by atoms with Crippen LogP contribution in [0.1, 0.15) is 28.1 Å². The van der Waals surface area contributed by atoms with Crippen LogP contribution in [-0.2, 0) is 5.67 Å². The molecule has 2 aromatic rings. The molecule has 0 unspecified atom stereocenters. The lowest BCUT2D eigenvalue weighted by Gasteiger charge is -2.08. The molecule has 3 rings (SSSR count). The smallest absolute Gasteiger partial charge is 0.174 e. The van der Waals surface area contributed by atoms with E-state index in [2.05, 4.69) is 22.6 Å². The predicted octanol–water partition coefficient (Wildman–Crippen LogP) is 5.46. The van der Waals surface area contributed by atoms with Crippen molar-refractivity contribution in [2.45, 2.75) is 18.5 Å². The van der Waals surface area contributed by atoms with E-state index in [0.717, 1.165) is 8.45 Å². The van der Waals surface area contributed by atoms with E-state index in [0.29, 0.717) is 17.0 Å². The molecule has 0 N–H and O–H groups in total. The first-order chi connectivity index (χ1) is 9.50. The number of alkyl halides is 1. The Morgan fingerprint density at radius 3 is 2.70 bits per heavy atom. The molecular weight excluding hydrogens is 410 g/mol. The molecule has 20 heavy (non-hydrogen) atoms. The molecule has 0 spiro atoms. The van der Waals surface area contributed by atoms with Crippen LogP contribution in [0.3, 0.4) is 0 Å². The Balaban J connectivity index is 1.71. The Morgan fingerprint density at radius 2 is 2.10 bits per heavy atom. The lowest BCUT2D eigenvalue weighted by molar-refractivity contribution is 0.0968. The maximum atomic E-state index is 14.7. The summed E-state index contributed by atoms with van der Waals surface area (Å²) in [5.74, 6) is -0.169. The molecule has 0 amide bonds. The van der Waals surface area contributed by atoms with Gasteiger partial charge < -0.3 is 0 Å². The number of ketones is 1. The van der Waals surface area contributed by atoms with Gasteiger partial charge in [-0.15, -0.1) is 11.3 Å². The fraction of sp³-hybridized carbons (Fsp3) is 0.267. The van der Waals surface area contributed by atoms with E-state index >= 15 is 0 Å². The molecule has 104 valence electrons. The standard InChI is InChI=1S/C15H11ClFIOS/c16-11-3-1-9(2-4-11)15(17)8-10(15)7-13(19)14-12(18)5-6-20-14/h1-6,10H,7-8H2/t10-,15+/m1/s1. The molecule has 1 heterocycles. The molecular formula is C15H11ClFIOS. The van der Waals surface area contributed by atoms with Gasteiger partial charge in [-0.05, 0) is 58.2 Å². The minimum absolute atomic E-state index is 0.0443. The van der Waals surface area contributed by atoms with E-state index in [-0.39, 0.29) is 18.1 Å². The van der Waals surface area contributed by atoms with Crippen molar-refractivity contribution >= 4 is 51.3 Å². The van der Waals surface area contributed by atoms with Crippen LogP contribution < -0.4 is 0 Å². The largest absolute Gasteiger partial charge is 0.293 e. The summed E-state index contributed by atoms with van der Waals surface area (Å²) in [7, 11) is 0. The van der Waals surface area contributed by atoms with Crippen molar-refractivity contribution in [2.24, 2.45) is 5.92 Å². The van der Waals surface area contributed by atoms with Crippen molar-refractivity contribution in [3.05, 3.63) is 54.7 Å². The van der Waals surface area contributed by atoms with Gasteiger partial charge in [0.1, 0.15) is 5.67 Å². The number of halogens is 3. The number of Topliss-reactive ketones (excluding diaryl/α,β-unsaturated/α-hetero) is 1. The first-order valence-corrected chi connectivity index (χ1v) is 8.55. The number of thiophene rings is 1. The molecule has 0 saturated heterocycles. The molecule has 1 fully saturated rings.